The molecule has 2 heterocycles. The maximum atomic E-state index is 13.5. The van der Waals surface area contributed by atoms with Crippen LogP contribution >= 0.6 is 19.5 Å². The van der Waals surface area contributed by atoms with E-state index in [1.165, 1.54) is 16.8 Å². The number of hydrogen-bond donors (Lipinski definition) is 3. The van der Waals surface area contributed by atoms with Gasteiger partial charge in [-0.2, -0.15) is 4.98 Å². The first-order chi connectivity index (χ1) is 17.5. The number of ether oxygens (including phenoxy) is 1. The van der Waals surface area contributed by atoms with E-state index in [1.54, 1.807) is 0 Å². The van der Waals surface area contributed by atoms with E-state index in [4.69, 9.17) is 19.5 Å². The van der Waals surface area contributed by atoms with Crippen LogP contribution in [-0.4, -0.2) is 50.9 Å². The minimum Gasteiger partial charge on any atom is -0.390 e. The van der Waals surface area contributed by atoms with Crippen molar-refractivity contribution in [3.63, 3.8) is 0 Å². The molecule has 1 aromatic carbocycles. The molecule has 204 valence electrons. The second kappa shape index (κ2) is 13.1. The van der Waals surface area contributed by atoms with Gasteiger partial charge in [0, 0.05) is 30.3 Å². The smallest absolute Gasteiger partial charge is 0.390 e. The summed E-state index contributed by atoms with van der Waals surface area (Å²) in [5.41, 5.74) is 5.35. The quantitative estimate of drug-likeness (QED) is 0.247. The number of hydrogen-bond acceptors (Lipinski definition) is 10. The molecule has 1 aliphatic rings. The largest absolute Gasteiger partial charge is 0.405 e. The lowest BCUT2D eigenvalue weighted by atomic mass is 9.92. The number of carbonyl (C=O) groups excluding carboxylic acids is 1. The third kappa shape index (κ3) is 8.47. The van der Waals surface area contributed by atoms with E-state index in [2.05, 4.69) is 10.1 Å². The van der Waals surface area contributed by atoms with Crippen LogP contribution in [0.2, 0.25) is 0 Å². The molecule has 2 aromatic rings. The highest BCUT2D eigenvalue weighted by molar-refractivity contribution is 8.13. The Morgan fingerprint density at radius 3 is 2.73 bits per heavy atom. The Morgan fingerprint density at radius 2 is 2.05 bits per heavy atom. The van der Waals surface area contributed by atoms with Crippen molar-refractivity contribution in [3.8, 4) is 0 Å². The van der Waals surface area contributed by atoms with Gasteiger partial charge in [0.1, 0.15) is 18.1 Å². The minimum absolute atomic E-state index is 0.0124. The van der Waals surface area contributed by atoms with Crippen molar-refractivity contribution in [3.05, 3.63) is 58.6 Å². The fourth-order valence-corrected chi connectivity index (χ4v) is 5.72. The molecule has 37 heavy (non-hydrogen) atoms. The summed E-state index contributed by atoms with van der Waals surface area (Å²) in [5.74, 6) is 0.390. The van der Waals surface area contributed by atoms with E-state index < -0.39 is 37.3 Å². The molecule has 13 heteroatoms. The van der Waals surface area contributed by atoms with Crippen LogP contribution in [-0.2, 0) is 29.7 Å². The summed E-state index contributed by atoms with van der Waals surface area (Å²) < 4.78 is 31.8. The lowest BCUT2D eigenvalue weighted by Crippen LogP contribution is -2.29. The maximum Gasteiger partial charge on any atom is 0.405 e. The number of nitrogens with two attached hydrogens (primary N) is 1. The van der Waals surface area contributed by atoms with E-state index in [-0.39, 0.29) is 37.1 Å². The zero-order valence-electron chi connectivity index (χ0n) is 21.2. The number of anilines is 1. The van der Waals surface area contributed by atoms with Crippen molar-refractivity contribution in [1.82, 2.24) is 14.6 Å². The van der Waals surface area contributed by atoms with Crippen LogP contribution in [0.4, 0.5) is 5.82 Å². The summed E-state index contributed by atoms with van der Waals surface area (Å²) in [7, 11) is -3.84. The van der Waals surface area contributed by atoms with Crippen LogP contribution in [0, 0.1) is 5.41 Å². The van der Waals surface area contributed by atoms with Gasteiger partial charge in [-0.25, -0.2) is 14.4 Å². The molecule has 0 spiro atoms. The van der Waals surface area contributed by atoms with Gasteiger partial charge in [-0.05, 0) is 18.1 Å². The molecule has 1 saturated heterocycles. The van der Waals surface area contributed by atoms with Crippen molar-refractivity contribution >= 4 is 30.4 Å². The number of nitrogen functional groups attached to an aromatic ring is 1. The van der Waals surface area contributed by atoms with Gasteiger partial charge in [0.2, 0.25) is 0 Å². The number of aliphatic hydroxyl groups excluding tert-OH is 1. The van der Waals surface area contributed by atoms with Crippen molar-refractivity contribution in [2.24, 2.45) is 5.41 Å². The predicted molar refractivity (Wildman–Crippen MR) is 142 cm³/mol. The van der Waals surface area contributed by atoms with Gasteiger partial charge in [0.15, 0.2) is 5.12 Å². The third-order valence-electron chi connectivity index (χ3n) is 6.11. The van der Waals surface area contributed by atoms with E-state index in [0.29, 0.717) is 12.2 Å². The topological polar surface area (TPSA) is 155 Å². The molecule has 0 bridgehead atoms. The molecule has 1 aliphatic heterocycles. The number of carbonyl (C=O) groups is 1. The molecule has 1 fully saturated rings. The lowest BCUT2D eigenvalue weighted by molar-refractivity contribution is -0.118. The Kier molecular flexibility index (Phi) is 10.5. The molecule has 11 nitrogen and oxygen atoms in total. The third-order valence-corrected chi connectivity index (χ3v) is 8.85. The number of benzene rings is 1. The number of aromatic nitrogens is 2. The highest BCUT2D eigenvalue weighted by Gasteiger charge is 2.38. The second-order valence-corrected chi connectivity index (χ2v) is 12.2. The van der Waals surface area contributed by atoms with Crippen molar-refractivity contribution < 1.29 is 28.3 Å². The van der Waals surface area contributed by atoms with Gasteiger partial charge >= 0.3 is 13.4 Å². The van der Waals surface area contributed by atoms with Crippen LogP contribution in [0.3, 0.4) is 0 Å². The normalized spacial score (nSPS) is 21.6. The molecule has 0 aliphatic carbocycles. The van der Waals surface area contributed by atoms with E-state index >= 15 is 0 Å². The van der Waals surface area contributed by atoms with Gasteiger partial charge in [0.05, 0.1) is 19.3 Å². The molecule has 1 aromatic heterocycles. The molecule has 4 atom stereocenters. The number of rotatable bonds is 13. The van der Waals surface area contributed by atoms with E-state index in [9.17, 15) is 19.3 Å². The van der Waals surface area contributed by atoms with Gasteiger partial charge in [-0.1, -0.05) is 62.9 Å². The Bertz CT molecular complexity index is 1150. The summed E-state index contributed by atoms with van der Waals surface area (Å²) in [6, 6.07) is 10.8. The highest BCUT2D eigenvalue weighted by atomic mass is 32.2. The van der Waals surface area contributed by atoms with Crippen molar-refractivity contribution in [1.29, 1.82) is 0 Å². The molecule has 0 saturated carbocycles. The molecular formula is C24H35N4O7PS. The molecule has 0 radical (unpaired) electrons. The van der Waals surface area contributed by atoms with Gasteiger partial charge in [-0.3, -0.25) is 18.4 Å². The monoisotopic (exact) mass is 554 g/mol. The Balaban J connectivity index is 1.60. The van der Waals surface area contributed by atoms with Gasteiger partial charge in [-0.15, -0.1) is 0 Å². The molecule has 3 rings (SSSR count). The highest BCUT2D eigenvalue weighted by Crippen LogP contribution is 2.45. The second-order valence-electron chi connectivity index (χ2n) is 9.29. The summed E-state index contributed by atoms with van der Waals surface area (Å²) in [6.07, 6.45) is -0.324. The standard InChI is InChI=1S/C24H35N4O7PS/c1-4-24(2,3)22(30)37-13-12-33-36(32,26-15-17-8-6-5-7-9-17)34-16-19-18(29)14-21(35-19)28-11-10-20(25)27-23(28)31/h5-11,18-19,21,29H,4,12-16H2,1-3H3,(H,26,32)(H2,25,27,31)/t18?,19-,21-,36?/m0/s1. The minimum atomic E-state index is -3.84. The number of aliphatic hydroxyl groups is 1. The Labute approximate surface area is 220 Å². The van der Waals surface area contributed by atoms with Crippen LogP contribution < -0.4 is 16.5 Å². The van der Waals surface area contributed by atoms with Crippen LogP contribution in [0.5, 0.6) is 0 Å². The summed E-state index contributed by atoms with van der Waals surface area (Å²) in [6.45, 7) is 5.70. The van der Waals surface area contributed by atoms with Crippen LogP contribution in [0.1, 0.15) is 45.4 Å². The van der Waals surface area contributed by atoms with Gasteiger partial charge < -0.3 is 15.6 Å². The first kappa shape index (κ1) is 29.5. The Hall–Kier alpha value is -2.05. The van der Waals surface area contributed by atoms with E-state index in [1.807, 2.05) is 51.1 Å². The summed E-state index contributed by atoms with van der Waals surface area (Å²) >= 11 is 1.13. The fourth-order valence-electron chi connectivity index (χ4n) is 3.40. The first-order valence-corrected chi connectivity index (χ1v) is 14.6. The average molecular weight is 555 g/mol. The van der Waals surface area contributed by atoms with Crippen molar-refractivity contribution in [2.75, 3.05) is 24.7 Å². The number of thioether (sulfide) groups is 1. The lowest BCUT2D eigenvalue weighted by Gasteiger charge is -2.23. The number of nitrogens with one attached hydrogen (secondary N) is 1. The molecule has 2 unspecified atom stereocenters. The van der Waals surface area contributed by atoms with Gasteiger partial charge in [0.25, 0.3) is 0 Å². The number of nitrogens with zero attached hydrogens (tertiary/aromatic N) is 2. The van der Waals surface area contributed by atoms with E-state index in [0.717, 1.165) is 17.3 Å². The zero-order chi connectivity index (χ0) is 27.1. The summed E-state index contributed by atoms with van der Waals surface area (Å²) in [5, 5.41) is 13.4. The zero-order valence-corrected chi connectivity index (χ0v) is 23.0. The fraction of sp³-hybridized carbons (Fsp3) is 0.542. The molecule has 0 amide bonds. The Morgan fingerprint density at radius 1 is 1.32 bits per heavy atom. The van der Waals surface area contributed by atoms with Crippen LogP contribution in [0.25, 0.3) is 0 Å². The average Bonchev–Trinajstić information content (AvgIpc) is 3.24. The molecular weight excluding hydrogens is 519 g/mol. The predicted octanol–water partition coefficient (Wildman–Crippen LogP) is 3.10. The first-order valence-electron chi connectivity index (χ1n) is 12.1. The maximum absolute atomic E-state index is 13.5. The van der Waals surface area contributed by atoms with Crippen molar-refractivity contribution in [2.45, 2.75) is 58.6 Å². The molecule has 4 N–H and O–H groups in total. The van der Waals surface area contributed by atoms with Crippen LogP contribution in [0.15, 0.2) is 47.4 Å². The SMILES string of the molecule is CCC(C)(C)C(=O)SCCOP(=O)(NCc1ccccc1)OC[C@@H]1O[C@H](n2ccc(N)nc2=O)CC1O. The summed E-state index contributed by atoms with van der Waals surface area (Å²) in [4.78, 5) is 28.2.